The number of aromatic nitrogens is 5. The molecule has 0 atom stereocenters. The van der Waals surface area contributed by atoms with Gasteiger partial charge in [-0.15, -0.1) is 10.2 Å². The Balaban J connectivity index is 2.21. The van der Waals surface area contributed by atoms with Crippen LogP contribution in [0.1, 0.15) is 31.4 Å². The minimum Gasteiger partial charge on any atom is -0.346 e. The summed E-state index contributed by atoms with van der Waals surface area (Å²) in [4.78, 5) is 0.227. The Kier molecular flexibility index (Phi) is 4.70. The van der Waals surface area contributed by atoms with E-state index in [-0.39, 0.29) is 23.3 Å². The maximum atomic E-state index is 12.3. The van der Waals surface area contributed by atoms with E-state index in [1.54, 1.807) is 12.3 Å². The highest BCUT2D eigenvalue weighted by Gasteiger charge is 2.19. The Morgan fingerprint density at radius 3 is 2.71 bits per heavy atom. The second-order valence-corrected chi connectivity index (χ2v) is 6.62. The second kappa shape index (κ2) is 6.33. The number of nitrogens with one attached hydrogen (secondary N) is 3. The zero-order chi connectivity index (χ0) is 15.5. The van der Waals surface area contributed by atoms with Crippen LogP contribution in [0.4, 0.5) is 0 Å². The Hall–Kier alpha value is -1.78. The Bertz CT molecular complexity index is 676. The molecule has 0 radical (unpaired) electrons. The molecule has 0 spiro atoms. The van der Waals surface area contributed by atoms with E-state index in [9.17, 15) is 8.42 Å². The lowest BCUT2D eigenvalue weighted by atomic mass is 10.3. The number of rotatable bonds is 7. The van der Waals surface area contributed by atoms with E-state index in [1.807, 2.05) is 25.5 Å². The molecule has 0 aliphatic rings. The van der Waals surface area contributed by atoms with Crippen molar-refractivity contribution in [3.05, 3.63) is 23.8 Å². The van der Waals surface area contributed by atoms with E-state index in [0.29, 0.717) is 6.54 Å². The number of H-pyrrole nitrogens is 1. The molecule has 0 amide bonds. The first kappa shape index (κ1) is 15.6. The average molecular weight is 313 g/mol. The monoisotopic (exact) mass is 313 g/mol. The highest BCUT2D eigenvalue weighted by molar-refractivity contribution is 7.89. The molecule has 0 bridgehead atoms. The molecule has 3 N–H and O–H groups in total. The molecule has 0 aliphatic carbocycles. The van der Waals surface area contributed by atoms with Gasteiger partial charge in [0.05, 0.1) is 11.4 Å². The Morgan fingerprint density at radius 2 is 2.14 bits per heavy atom. The van der Waals surface area contributed by atoms with Gasteiger partial charge in [-0.2, -0.15) is 5.21 Å². The van der Waals surface area contributed by atoms with Gasteiger partial charge in [-0.1, -0.05) is 5.21 Å². The highest BCUT2D eigenvalue weighted by Crippen LogP contribution is 2.19. The lowest BCUT2D eigenvalue weighted by Crippen LogP contribution is -2.23. The van der Waals surface area contributed by atoms with E-state index in [0.717, 1.165) is 5.69 Å². The molecular formula is C11H19N7O2S. The molecule has 0 saturated carbocycles. The zero-order valence-corrected chi connectivity index (χ0v) is 13.0. The maximum absolute atomic E-state index is 12.3. The van der Waals surface area contributed by atoms with Crippen LogP contribution in [0.2, 0.25) is 0 Å². The summed E-state index contributed by atoms with van der Waals surface area (Å²) in [5.74, 6) is 0.289. The van der Waals surface area contributed by atoms with Gasteiger partial charge in [-0.05, 0) is 27.0 Å². The fourth-order valence-corrected chi connectivity index (χ4v) is 2.98. The largest absolute Gasteiger partial charge is 0.346 e. The van der Waals surface area contributed by atoms with Crippen molar-refractivity contribution in [1.29, 1.82) is 0 Å². The van der Waals surface area contributed by atoms with E-state index < -0.39 is 10.0 Å². The first-order chi connectivity index (χ1) is 9.94. The number of nitrogens with zero attached hydrogens (tertiary/aromatic N) is 4. The molecular weight excluding hydrogens is 294 g/mol. The molecule has 10 heteroatoms. The smallest absolute Gasteiger partial charge is 0.242 e. The van der Waals surface area contributed by atoms with Crippen LogP contribution in [0.25, 0.3) is 0 Å². The van der Waals surface area contributed by atoms with Crippen LogP contribution in [-0.4, -0.2) is 40.7 Å². The van der Waals surface area contributed by atoms with Gasteiger partial charge in [0.2, 0.25) is 10.0 Å². The SMILES string of the molecule is CNCc1cc(S(=O)(=O)NCc2nn[nH]n2)cn1C(C)C. The first-order valence-corrected chi connectivity index (χ1v) is 7.99. The maximum Gasteiger partial charge on any atom is 0.242 e. The lowest BCUT2D eigenvalue weighted by Gasteiger charge is -2.11. The molecule has 0 fully saturated rings. The number of sulfonamides is 1. The minimum atomic E-state index is -3.61. The van der Waals surface area contributed by atoms with Gasteiger partial charge >= 0.3 is 0 Å². The standard InChI is InChI=1S/C11H19N7O2S/c1-8(2)18-7-10(4-9(18)5-12-3)21(19,20)13-6-11-14-16-17-15-11/h4,7-8,12-13H,5-6H2,1-3H3,(H,14,15,16,17). The fourth-order valence-electron chi connectivity index (χ4n) is 1.95. The summed E-state index contributed by atoms with van der Waals surface area (Å²) in [7, 11) is -1.79. The van der Waals surface area contributed by atoms with Crippen molar-refractivity contribution in [2.24, 2.45) is 0 Å². The van der Waals surface area contributed by atoms with E-state index in [2.05, 4.69) is 30.7 Å². The number of hydrogen-bond acceptors (Lipinski definition) is 6. The van der Waals surface area contributed by atoms with Gasteiger partial charge in [0.1, 0.15) is 0 Å². The van der Waals surface area contributed by atoms with Crippen molar-refractivity contribution in [3.8, 4) is 0 Å². The van der Waals surface area contributed by atoms with Crippen LogP contribution in [0.15, 0.2) is 17.2 Å². The first-order valence-electron chi connectivity index (χ1n) is 6.51. The van der Waals surface area contributed by atoms with Crippen molar-refractivity contribution >= 4 is 10.0 Å². The summed E-state index contributed by atoms with van der Waals surface area (Å²) in [5, 5.41) is 16.1. The second-order valence-electron chi connectivity index (χ2n) is 4.85. The topological polar surface area (TPSA) is 118 Å². The van der Waals surface area contributed by atoms with Crippen molar-refractivity contribution < 1.29 is 8.42 Å². The molecule has 2 heterocycles. The summed E-state index contributed by atoms with van der Waals surface area (Å²) in [5.41, 5.74) is 0.910. The molecule has 116 valence electrons. The van der Waals surface area contributed by atoms with Crippen LogP contribution in [-0.2, 0) is 23.1 Å². The Morgan fingerprint density at radius 1 is 1.38 bits per heavy atom. The average Bonchev–Trinajstić information content (AvgIpc) is 3.06. The highest BCUT2D eigenvalue weighted by atomic mass is 32.2. The number of tetrazole rings is 1. The van der Waals surface area contributed by atoms with Gasteiger partial charge < -0.3 is 9.88 Å². The van der Waals surface area contributed by atoms with E-state index >= 15 is 0 Å². The molecule has 2 aromatic heterocycles. The van der Waals surface area contributed by atoms with Crippen LogP contribution in [0.5, 0.6) is 0 Å². The summed E-state index contributed by atoms with van der Waals surface area (Å²) in [6.45, 7) is 4.59. The molecule has 0 aromatic carbocycles. The predicted molar refractivity (Wildman–Crippen MR) is 75.8 cm³/mol. The van der Waals surface area contributed by atoms with Gasteiger partial charge in [0, 0.05) is 24.5 Å². The fraction of sp³-hybridized carbons (Fsp3) is 0.545. The summed E-state index contributed by atoms with van der Waals surface area (Å²) in [6.07, 6.45) is 1.63. The van der Waals surface area contributed by atoms with Crippen LogP contribution in [0, 0.1) is 0 Å². The minimum absolute atomic E-state index is 0.00689. The van der Waals surface area contributed by atoms with Crippen molar-refractivity contribution in [2.45, 2.75) is 37.9 Å². The predicted octanol–water partition coefficient (Wildman–Crippen LogP) is -0.220. The number of hydrogen-bond donors (Lipinski definition) is 3. The summed E-state index contributed by atoms with van der Waals surface area (Å²) in [6, 6.07) is 1.84. The third-order valence-corrected chi connectivity index (χ3v) is 4.31. The van der Waals surface area contributed by atoms with Crippen LogP contribution in [0.3, 0.4) is 0 Å². The lowest BCUT2D eigenvalue weighted by molar-refractivity contribution is 0.560. The van der Waals surface area contributed by atoms with Crippen LogP contribution < -0.4 is 10.0 Å². The van der Waals surface area contributed by atoms with E-state index in [4.69, 9.17) is 0 Å². The van der Waals surface area contributed by atoms with Gasteiger partial charge in [0.15, 0.2) is 5.82 Å². The van der Waals surface area contributed by atoms with Gasteiger partial charge in [0.25, 0.3) is 0 Å². The summed E-state index contributed by atoms with van der Waals surface area (Å²) >= 11 is 0. The van der Waals surface area contributed by atoms with Gasteiger partial charge in [-0.3, -0.25) is 0 Å². The quantitative estimate of drug-likeness (QED) is 0.650. The Labute approximate surface area is 123 Å². The molecule has 2 rings (SSSR count). The van der Waals surface area contributed by atoms with Crippen LogP contribution >= 0.6 is 0 Å². The van der Waals surface area contributed by atoms with Gasteiger partial charge in [-0.25, -0.2) is 13.1 Å². The van der Waals surface area contributed by atoms with Crippen molar-refractivity contribution in [2.75, 3.05) is 7.05 Å². The molecule has 21 heavy (non-hydrogen) atoms. The third-order valence-electron chi connectivity index (χ3n) is 2.94. The molecule has 0 saturated heterocycles. The molecule has 0 aliphatic heterocycles. The van der Waals surface area contributed by atoms with Crippen molar-refractivity contribution in [1.82, 2.24) is 35.2 Å². The molecule has 9 nitrogen and oxygen atoms in total. The molecule has 2 aromatic rings. The number of aromatic amines is 1. The normalized spacial score (nSPS) is 12.2. The molecule has 0 unspecified atom stereocenters. The third kappa shape index (κ3) is 3.65. The zero-order valence-electron chi connectivity index (χ0n) is 12.2. The van der Waals surface area contributed by atoms with Crippen molar-refractivity contribution in [3.63, 3.8) is 0 Å². The summed E-state index contributed by atoms with van der Waals surface area (Å²) < 4.78 is 29.0. The van der Waals surface area contributed by atoms with E-state index in [1.165, 1.54) is 0 Å².